The summed E-state index contributed by atoms with van der Waals surface area (Å²) in [4.78, 5) is 0. The van der Waals surface area contributed by atoms with Gasteiger partial charge in [0.25, 0.3) is 0 Å². The summed E-state index contributed by atoms with van der Waals surface area (Å²) < 4.78 is 5.14. The molecule has 0 atom stereocenters. The van der Waals surface area contributed by atoms with Gasteiger partial charge in [0.15, 0.2) is 0 Å². The van der Waals surface area contributed by atoms with Gasteiger partial charge in [-0.2, -0.15) is 0 Å². The van der Waals surface area contributed by atoms with Crippen LogP contribution in [0.15, 0.2) is 40.3 Å². The summed E-state index contributed by atoms with van der Waals surface area (Å²) in [7, 11) is 0. The van der Waals surface area contributed by atoms with Gasteiger partial charge in [0.05, 0.1) is 0 Å². The molecule has 1 N–H and O–H groups in total. The number of rotatable bonds is 3. The van der Waals surface area contributed by atoms with E-state index in [1.807, 2.05) is 35.8 Å². The van der Waals surface area contributed by atoms with Gasteiger partial charge in [0, 0.05) is 33.8 Å². The molecule has 72 valence electrons. The van der Waals surface area contributed by atoms with Crippen molar-refractivity contribution in [1.82, 2.24) is 4.37 Å². The zero-order valence-corrected chi connectivity index (χ0v) is 9.81. The molecule has 1 aromatic heterocycles. The van der Waals surface area contributed by atoms with E-state index in [2.05, 4.69) is 25.6 Å². The molecule has 2 aromatic rings. The molecule has 4 heteroatoms. The molecule has 0 aliphatic carbocycles. The highest BCUT2D eigenvalue weighted by molar-refractivity contribution is 9.10. The van der Waals surface area contributed by atoms with Crippen LogP contribution < -0.4 is 5.32 Å². The van der Waals surface area contributed by atoms with Crippen molar-refractivity contribution >= 4 is 33.1 Å². The molecular weight excluding hydrogens is 260 g/mol. The minimum Gasteiger partial charge on any atom is -0.381 e. The molecule has 0 radical (unpaired) electrons. The van der Waals surface area contributed by atoms with Gasteiger partial charge in [-0.1, -0.05) is 15.9 Å². The number of benzene rings is 1. The molecule has 0 bridgehead atoms. The maximum Gasteiger partial charge on any atom is 0.0456 e. The van der Waals surface area contributed by atoms with Gasteiger partial charge in [0.2, 0.25) is 0 Å². The minimum atomic E-state index is 0.831. The standard InChI is InChI=1S/C10H9BrN2S/c11-9-1-3-10(4-2-9)12-5-8-6-13-14-7-8/h1-4,6-7,12H,5H2. The molecule has 0 saturated carbocycles. The second-order valence-corrected chi connectivity index (χ2v) is 4.47. The van der Waals surface area contributed by atoms with Crippen LogP contribution >= 0.6 is 27.5 Å². The highest BCUT2D eigenvalue weighted by Crippen LogP contribution is 2.15. The number of aromatic nitrogens is 1. The van der Waals surface area contributed by atoms with E-state index < -0.39 is 0 Å². The number of hydrogen-bond donors (Lipinski definition) is 1. The van der Waals surface area contributed by atoms with Gasteiger partial charge in [-0.25, -0.2) is 4.37 Å². The smallest absolute Gasteiger partial charge is 0.0456 e. The van der Waals surface area contributed by atoms with Gasteiger partial charge >= 0.3 is 0 Å². The van der Waals surface area contributed by atoms with E-state index in [1.165, 1.54) is 17.1 Å². The molecule has 1 heterocycles. The number of nitrogens with one attached hydrogen (secondary N) is 1. The number of hydrogen-bond acceptors (Lipinski definition) is 3. The predicted octanol–water partition coefficient (Wildman–Crippen LogP) is 3.52. The van der Waals surface area contributed by atoms with E-state index >= 15 is 0 Å². The third-order valence-corrected chi connectivity index (χ3v) is 2.99. The first-order valence-corrected chi connectivity index (χ1v) is 5.85. The zero-order valence-electron chi connectivity index (χ0n) is 7.40. The Morgan fingerprint density at radius 1 is 1.29 bits per heavy atom. The fraction of sp³-hybridized carbons (Fsp3) is 0.100. The Labute approximate surface area is 95.3 Å². The van der Waals surface area contributed by atoms with E-state index in [9.17, 15) is 0 Å². The molecule has 0 aliphatic rings. The van der Waals surface area contributed by atoms with Crippen molar-refractivity contribution in [2.75, 3.05) is 5.32 Å². The molecular formula is C10H9BrN2S. The van der Waals surface area contributed by atoms with Crippen LogP contribution in [-0.2, 0) is 6.54 Å². The number of anilines is 1. The first-order valence-electron chi connectivity index (χ1n) is 4.22. The lowest BCUT2D eigenvalue weighted by atomic mass is 10.3. The Morgan fingerprint density at radius 3 is 2.71 bits per heavy atom. The van der Waals surface area contributed by atoms with Crippen LogP contribution in [0.4, 0.5) is 5.69 Å². The molecule has 0 aliphatic heterocycles. The average Bonchev–Trinajstić information content (AvgIpc) is 2.70. The zero-order chi connectivity index (χ0) is 9.80. The first kappa shape index (κ1) is 9.68. The predicted molar refractivity (Wildman–Crippen MR) is 63.6 cm³/mol. The van der Waals surface area contributed by atoms with Crippen molar-refractivity contribution in [2.45, 2.75) is 6.54 Å². The first-order chi connectivity index (χ1) is 6.84. The Kier molecular flexibility index (Phi) is 3.16. The van der Waals surface area contributed by atoms with Crippen LogP contribution in [0.1, 0.15) is 5.56 Å². The highest BCUT2D eigenvalue weighted by atomic mass is 79.9. The quantitative estimate of drug-likeness (QED) is 0.922. The highest BCUT2D eigenvalue weighted by Gasteiger charge is 1.94. The van der Waals surface area contributed by atoms with Crippen LogP contribution in [0.5, 0.6) is 0 Å². The molecule has 2 nitrogen and oxygen atoms in total. The van der Waals surface area contributed by atoms with Crippen molar-refractivity contribution < 1.29 is 0 Å². The maximum atomic E-state index is 4.04. The van der Waals surface area contributed by atoms with Crippen LogP contribution in [0.25, 0.3) is 0 Å². The van der Waals surface area contributed by atoms with E-state index in [-0.39, 0.29) is 0 Å². The lowest BCUT2D eigenvalue weighted by molar-refractivity contribution is 1.15. The van der Waals surface area contributed by atoms with Crippen LogP contribution in [0.3, 0.4) is 0 Å². The fourth-order valence-electron chi connectivity index (χ4n) is 1.09. The molecule has 0 saturated heterocycles. The Bertz CT molecular complexity index is 383. The summed E-state index contributed by atoms with van der Waals surface area (Å²) in [6.07, 6.45) is 1.89. The SMILES string of the molecule is Brc1ccc(NCc2cnsc2)cc1. The third-order valence-electron chi connectivity index (χ3n) is 1.82. The van der Waals surface area contributed by atoms with Crippen molar-refractivity contribution in [3.63, 3.8) is 0 Å². The van der Waals surface area contributed by atoms with Crippen molar-refractivity contribution in [3.05, 3.63) is 45.9 Å². The van der Waals surface area contributed by atoms with Gasteiger partial charge in [-0.3, -0.25) is 0 Å². The number of nitrogens with zero attached hydrogens (tertiary/aromatic N) is 1. The normalized spacial score (nSPS) is 10.1. The Balaban J connectivity index is 1.95. The topological polar surface area (TPSA) is 24.9 Å². The lowest BCUT2D eigenvalue weighted by Gasteiger charge is -2.03. The third kappa shape index (κ3) is 2.56. The van der Waals surface area contributed by atoms with Crippen molar-refractivity contribution in [1.29, 1.82) is 0 Å². The van der Waals surface area contributed by atoms with Gasteiger partial charge < -0.3 is 5.32 Å². The second-order valence-electron chi connectivity index (χ2n) is 2.89. The van der Waals surface area contributed by atoms with Crippen molar-refractivity contribution in [3.8, 4) is 0 Å². The molecule has 0 spiro atoms. The van der Waals surface area contributed by atoms with E-state index in [4.69, 9.17) is 0 Å². The van der Waals surface area contributed by atoms with Crippen LogP contribution in [0.2, 0.25) is 0 Å². The van der Waals surface area contributed by atoms with E-state index in [0.717, 1.165) is 16.7 Å². The van der Waals surface area contributed by atoms with Crippen molar-refractivity contribution in [2.24, 2.45) is 0 Å². The second kappa shape index (κ2) is 4.57. The molecule has 1 aromatic carbocycles. The average molecular weight is 269 g/mol. The summed E-state index contributed by atoms with van der Waals surface area (Å²) in [6.45, 7) is 0.831. The summed E-state index contributed by atoms with van der Waals surface area (Å²) in [5.74, 6) is 0. The van der Waals surface area contributed by atoms with Gasteiger partial charge in [-0.15, -0.1) is 0 Å². The van der Waals surface area contributed by atoms with E-state index in [1.54, 1.807) is 0 Å². The van der Waals surface area contributed by atoms with Crippen LogP contribution in [0, 0.1) is 0 Å². The molecule has 0 unspecified atom stereocenters. The molecule has 0 fully saturated rings. The van der Waals surface area contributed by atoms with E-state index in [0.29, 0.717) is 0 Å². The summed E-state index contributed by atoms with van der Waals surface area (Å²) in [5, 5.41) is 5.37. The summed E-state index contributed by atoms with van der Waals surface area (Å²) >= 11 is 4.88. The number of halogens is 1. The minimum absolute atomic E-state index is 0.831. The largest absolute Gasteiger partial charge is 0.381 e. The molecule has 14 heavy (non-hydrogen) atoms. The maximum absolute atomic E-state index is 4.04. The fourth-order valence-corrected chi connectivity index (χ4v) is 1.89. The van der Waals surface area contributed by atoms with Crippen LogP contribution in [-0.4, -0.2) is 4.37 Å². The van der Waals surface area contributed by atoms with Gasteiger partial charge in [-0.05, 0) is 35.8 Å². The summed E-state index contributed by atoms with van der Waals surface area (Å²) in [5.41, 5.74) is 2.34. The molecule has 0 amide bonds. The monoisotopic (exact) mass is 268 g/mol. The van der Waals surface area contributed by atoms with Gasteiger partial charge in [0.1, 0.15) is 0 Å². The Hall–Kier alpha value is -0.870. The summed E-state index contributed by atoms with van der Waals surface area (Å²) in [6, 6.07) is 8.14. The lowest BCUT2D eigenvalue weighted by Crippen LogP contribution is -1.97. The molecule has 2 rings (SSSR count). The Morgan fingerprint density at radius 2 is 2.07 bits per heavy atom.